The Balaban J connectivity index is 1.25. The molecule has 39 heavy (non-hydrogen) atoms. The van der Waals surface area contributed by atoms with Gasteiger partial charge < -0.3 is 9.47 Å². The first-order chi connectivity index (χ1) is 19.2. The smallest absolute Gasteiger partial charge is 0.242 e. The second-order valence-electron chi connectivity index (χ2n) is 8.59. The monoisotopic (exact) mass is 552 g/mol. The fraction of sp³-hybridized carbons (Fsp3) is 0.100. The number of nitrogens with zero attached hydrogens (tertiary/aromatic N) is 4. The van der Waals surface area contributed by atoms with E-state index in [1.165, 1.54) is 11.8 Å². The molecule has 0 unspecified atom stereocenters. The number of rotatable bonds is 8. The van der Waals surface area contributed by atoms with Gasteiger partial charge in [-0.25, -0.2) is 0 Å². The number of para-hydroxylation sites is 3. The molecule has 1 aliphatic heterocycles. The summed E-state index contributed by atoms with van der Waals surface area (Å²) in [7, 11) is 1.63. The number of benzene rings is 4. The third kappa shape index (κ3) is 5.23. The van der Waals surface area contributed by atoms with E-state index in [9.17, 15) is 4.79 Å². The second-order valence-corrected chi connectivity index (χ2v) is 10.6. The first kappa shape index (κ1) is 25.1. The molecule has 1 aliphatic rings. The lowest BCUT2D eigenvalue weighted by atomic mass is 10.2. The number of hydrogen-bond donors (Lipinski definition) is 0. The van der Waals surface area contributed by atoms with Gasteiger partial charge in [0, 0.05) is 15.5 Å². The van der Waals surface area contributed by atoms with Gasteiger partial charge in [-0.2, -0.15) is 0 Å². The molecule has 0 atom stereocenters. The van der Waals surface area contributed by atoms with Gasteiger partial charge in [0.1, 0.15) is 18.1 Å². The highest BCUT2D eigenvalue weighted by atomic mass is 32.2. The largest absolute Gasteiger partial charge is 0.497 e. The van der Waals surface area contributed by atoms with Crippen LogP contribution in [0.5, 0.6) is 11.5 Å². The van der Waals surface area contributed by atoms with Gasteiger partial charge in [0.05, 0.1) is 24.2 Å². The summed E-state index contributed by atoms with van der Waals surface area (Å²) in [6.07, 6.45) is 0. The minimum absolute atomic E-state index is 0.0288. The van der Waals surface area contributed by atoms with Crippen LogP contribution in [0.25, 0.3) is 5.69 Å². The van der Waals surface area contributed by atoms with Crippen LogP contribution in [0.2, 0.25) is 0 Å². The van der Waals surface area contributed by atoms with E-state index in [1.54, 1.807) is 18.9 Å². The molecule has 6 rings (SSSR count). The van der Waals surface area contributed by atoms with Crippen molar-refractivity contribution in [1.82, 2.24) is 14.8 Å². The summed E-state index contributed by atoms with van der Waals surface area (Å²) in [4.78, 5) is 17.6. The third-order valence-electron chi connectivity index (χ3n) is 6.15. The second kappa shape index (κ2) is 11.3. The van der Waals surface area contributed by atoms with Crippen molar-refractivity contribution in [2.75, 3.05) is 17.8 Å². The summed E-state index contributed by atoms with van der Waals surface area (Å²) >= 11 is 3.04. The molecule has 4 aromatic carbocycles. The van der Waals surface area contributed by atoms with Crippen LogP contribution in [-0.4, -0.2) is 33.5 Å². The van der Waals surface area contributed by atoms with E-state index < -0.39 is 0 Å². The molecule has 0 bridgehead atoms. The summed E-state index contributed by atoms with van der Waals surface area (Å²) in [5, 5.41) is 9.48. The maximum Gasteiger partial charge on any atom is 0.242 e. The molecule has 0 aliphatic carbocycles. The molecular weight excluding hydrogens is 528 g/mol. The van der Waals surface area contributed by atoms with Crippen molar-refractivity contribution in [3.05, 3.63) is 109 Å². The van der Waals surface area contributed by atoms with Crippen molar-refractivity contribution in [1.29, 1.82) is 0 Å². The van der Waals surface area contributed by atoms with Crippen molar-refractivity contribution < 1.29 is 14.3 Å². The minimum atomic E-state index is -0.0288. The quantitative estimate of drug-likeness (QED) is 0.197. The van der Waals surface area contributed by atoms with Crippen LogP contribution in [0.15, 0.2) is 118 Å². The Bertz CT molecular complexity index is 1560. The van der Waals surface area contributed by atoms with Crippen molar-refractivity contribution in [3.63, 3.8) is 0 Å². The van der Waals surface area contributed by atoms with Crippen molar-refractivity contribution in [2.45, 2.75) is 21.6 Å². The zero-order valence-corrected chi connectivity index (χ0v) is 22.7. The number of hydrogen-bond acceptors (Lipinski definition) is 7. The molecule has 1 aromatic heterocycles. The average Bonchev–Trinajstić information content (AvgIpc) is 3.41. The van der Waals surface area contributed by atoms with Gasteiger partial charge in [0.2, 0.25) is 5.91 Å². The third-order valence-corrected chi connectivity index (χ3v) is 8.19. The first-order valence-corrected chi connectivity index (χ1v) is 14.1. The standard InChI is InChI=1S/C30H24N4O3S2/c1-36-22-15-17-23(18-16-22)37-19-28-31-32-30(33(28)21-9-3-2-4-10-21)38-20-29(35)34-24-11-5-7-13-26(24)39-27-14-8-6-12-25(27)34/h2-18H,19-20H2,1H3. The highest BCUT2D eigenvalue weighted by Gasteiger charge is 2.28. The van der Waals surface area contributed by atoms with E-state index in [4.69, 9.17) is 9.47 Å². The Morgan fingerprint density at radius 1 is 0.795 bits per heavy atom. The summed E-state index contributed by atoms with van der Waals surface area (Å²) in [5.41, 5.74) is 2.69. The van der Waals surface area contributed by atoms with E-state index in [-0.39, 0.29) is 18.3 Å². The summed E-state index contributed by atoms with van der Waals surface area (Å²) in [6.45, 7) is 0.215. The lowest BCUT2D eigenvalue weighted by Gasteiger charge is -2.30. The Labute approximate surface area is 234 Å². The van der Waals surface area contributed by atoms with E-state index in [1.807, 2.05) is 113 Å². The van der Waals surface area contributed by atoms with Gasteiger partial charge in [-0.3, -0.25) is 14.3 Å². The van der Waals surface area contributed by atoms with Gasteiger partial charge in [0.15, 0.2) is 11.0 Å². The molecule has 5 aromatic rings. The predicted molar refractivity (Wildman–Crippen MR) is 154 cm³/mol. The normalized spacial score (nSPS) is 12.0. The number of carbonyl (C=O) groups is 1. The van der Waals surface area contributed by atoms with Crippen LogP contribution in [0, 0.1) is 0 Å². The van der Waals surface area contributed by atoms with Crippen LogP contribution in [-0.2, 0) is 11.4 Å². The first-order valence-electron chi connectivity index (χ1n) is 12.3. The molecule has 0 saturated carbocycles. The number of thioether (sulfide) groups is 1. The highest BCUT2D eigenvalue weighted by Crippen LogP contribution is 2.48. The number of fused-ring (bicyclic) bond motifs is 2. The highest BCUT2D eigenvalue weighted by molar-refractivity contribution is 8.00. The molecule has 0 fully saturated rings. The fourth-order valence-corrected chi connectivity index (χ4v) is 6.19. The Morgan fingerprint density at radius 2 is 1.41 bits per heavy atom. The lowest BCUT2D eigenvalue weighted by Crippen LogP contribution is -2.30. The van der Waals surface area contributed by atoms with Gasteiger partial charge in [-0.1, -0.05) is 66.0 Å². The van der Waals surface area contributed by atoms with Crippen LogP contribution in [0.1, 0.15) is 5.82 Å². The zero-order chi connectivity index (χ0) is 26.6. The maximum absolute atomic E-state index is 13.7. The molecule has 0 N–H and O–H groups in total. The molecule has 0 saturated heterocycles. The Hall–Kier alpha value is -4.21. The van der Waals surface area contributed by atoms with Gasteiger partial charge in [-0.15, -0.1) is 10.2 Å². The van der Waals surface area contributed by atoms with Crippen LogP contribution >= 0.6 is 23.5 Å². The van der Waals surface area contributed by atoms with Gasteiger partial charge >= 0.3 is 0 Å². The minimum Gasteiger partial charge on any atom is -0.497 e. The molecular formula is C30H24N4O3S2. The van der Waals surface area contributed by atoms with Gasteiger partial charge in [-0.05, 0) is 60.7 Å². The van der Waals surface area contributed by atoms with E-state index in [2.05, 4.69) is 10.2 Å². The molecule has 0 radical (unpaired) electrons. The van der Waals surface area contributed by atoms with Crippen LogP contribution < -0.4 is 14.4 Å². The zero-order valence-electron chi connectivity index (χ0n) is 21.1. The number of aromatic nitrogens is 3. The fourth-order valence-electron chi connectivity index (χ4n) is 4.31. The molecule has 2 heterocycles. The Kier molecular flexibility index (Phi) is 7.25. The SMILES string of the molecule is COc1ccc(OCc2nnc(SCC(=O)N3c4ccccc4Sc4ccccc43)n2-c2ccccc2)cc1. The number of anilines is 2. The van der Waals surface area contributed by atoms with Crippen molar-refractivity contribution in [3.8, 4) is 17.2 Å². The molecule has 9 heteroatoms. The maximum atomic E-state index is 13.7. The molecule has 7 nitrogen and oxygen atoms in total. The summed E-state index contributed by atoms with van der Waals surface area (Å²) < 4.78 is 13.2. The van der Waals surface area contributed by atoms with Gasteiger partial charge in [0.25, 0.3) is 0 Å². The van der Waals surface area contributed by atoms with E-state index >= 15 is 0 Å². The molecule has 194 valence electrons. The topological polar surface area (TPSA) is 69.5 Å². The number of methoxy groups -OCH3 is 1. The predicted octanol–water partition coefficient (Wildman–Crippen LogP) is 6.78. The number of ether oxygens (including phenoxy) is 2. The average molecular weight is 553 g/mol. The lowest BCUT2D eigenvalue weighted by molar-refractivity contribution is -0.115. The number of amides is 1. The summed E-state index contributed by atoms with van der Waals surface area (Å²) in [5.74, 6) is 2.26. The van der Waals surface area contributed by atoms with Crippen molar-refractivity contribution in [2.24, 2.45) is 0 Å². The molecule has 0 spiro atoms. The van der Waals surface area contributed by atoms with Crippen LogP contribution in [0.4, 0.5) is 11.4 Å². The van der Waals surface area contributed by atoms with Crippen LogP contribution in [0.3, 0.4) is 0 Å². The molecule has 1 amide bonds. The van der Waals surface area contributed by atoms with Crippen molar-refractivity contribution >= 4 is 40.8 Å². The number of carbonyl (C=O) groups excluding carboxylic acids is 1. The van der Waals surface area contributed by atoms with E-state index in [0.717, 1.165) is 32.6 Å². The Morgan fingerprint density at radius 3 is 2.08 bits per heavy atom. The summed E-state index contributed by atoms with van der Waals surface area (Å²) in [6, 6.07) is 33.2. The van der Waals surface area contributed by atoms with E-state index in [0.29, 0.717) is 16.7 Å².